The van der Waals surface area contributed by atoms with Crippen LogP contribution in [0.3, 0.4) is 0 Å². The van der Waals surface area contributed by atoms with Gasteiger partial charge in [-0.15, -0.1) is 0 Å². The molecular weight excluding hydrogens is 717 g/mol. The molecule has 0 bridgehead atoms. The van der Waals surface area contributed by atoms with E-state index in [4.69, 9.17) is 9.47 Å². The third-order valence-corrected chi connectivity index (χ3v) is 8.30. The molecule has 1 fully saturated rings. The second-order valence-corrected chi connectivity index (χ2v) is 12.2. The van der Waals surface area contributed by atoms with Gasteiger partial charge < -0.3 is 18.9 Å². The van der Waals surface area contributed by atoms with Gasteiger partial charge in [-0.1, -0.05) is 50.5 Å². The summed E-state index contributed by atoms with van der Waals surface area (Å²) in [5.41, 5.74) is -3.55. The molecule has 1 heterocycles. The number of rotatable bonds is 14. The summed E-state index contributed by atoms with van der Waals surface area (Å²) in [4.78, 5) is 0. The van der Waals surface area contributed by atoms with Crippen LogP contribution in [0.1, 0.15) is 61.2 Å². The second kappa shape index (κ2) is 16.2. The standard InChI is InChI=1S/C37H31F11O4/c1-2-3-4-5-21-18-49-35(50-19-21)23-8-6-22(7-9-23)24-14-26(38)33(27(39)15-24)37(47,48)52-25-16-28(40)32(29(41)17-25)36(45,46)51-11-10-20-12-30(42)34(44)31(43)13-20/h6-9,12-17,21,35H,2-5,10-11,18-19H2,1H3. The third-order valence-electron chi connectivity index (χ3n) is 8.30. The van der Waals surface area contributed by atoms with Gasteiger partial charge in [-0.3, -0.25) is 0 Å². The van der Waals surface area contributed by atoms with Crippen molar-refractivity contribution in [1.29, 1.82) is 0 Å². The number of hydrogen-bond acceptors (Lipinski definition) is 4. The molecule has 0 aromatic heterocycles. The monoisotopic (exact) mass is 748 g/mol. The fourth-order valence-electron chi connectivity index (χ4n) is 5.64. The minimum atomic E-state index is -4.89. The molecule has 0 amide bonds. The van der Waals surface area contributed by atoms with Gasteiger partial charge in [-0.25, -0.2) is 30.7 Å². The molecule has 0 atom stereocenters. The van der Waals surface area contributed by atoms with Crippen LogP contribution in [0.2, 0.25) is 0 Å². The molecule has 1 saturated heterocycles. The van der Waals surface area contributed by atoms with Crippen molar-refractivity contribution < 1.29 is 67.2 Å². The first-order chi connectivity index (χ1) is 24.6. The number of unbranched alkanes of at least 4 members (excludes halogenated alkanes) is 2. The Morgan fingerprint density at radius 3 is 1.75 bits per heavy atom. The molecule has 0 radical (unpaired) electrons. The summed E-state index contributed by atoms with van der Waals surface area (Å²) in [6, 6.07) is 8.17. The predicted octanol–water partition coefficient (Wildman–Crippen LogP) is 11.0. The maximum atomic E-state index is 15.1. The quantitative estimate of drug-likeness (QED) is 0.0731. The smallest absolute Gasteiger partial charge is 0.429 e. The van der Waals surface area contributed by atoms with E-state index in [1.165, 1.54) is 12.1 Å². The van der Waals surface area contributed by atoms with E-state index in [1.807, 2.05) is 0 Å². The Balaban J connectivity index is 1.25. The molecule has 15 heteroatoms. The first kappa shape index (κ1) is 39.0. The van der Waals surface area contributed by atoms with Crippen molar-refractivity contribution in [3.05, 3.63) is 124 Å². The topological polar surface area (TPSA) is 36.9 Å². The molecule has 4 aromatic rings. The molecule has 0 spiro atoms. The molecule has 5 rings (SSSR count). The van der Waals surface area contributed by atoms with E-state index >= 15 is 17.6 Å². The number of hydrogen-bond donors (Lipinski definition) is 0. The van der Waals surface area contributed by atoms with Crippen LogP contribution in [0, 0.1) is 46.6 Å². The normalized spacial score (nSPS) is 16.7. The van der Waals surface area contributed by atoms with Crippen LogP contribution in [0.5, 0.6) is 5.75 Å². The molecule has 0 aliphatic carbocycles. The van der Waals surface area contributed by atoms with Crippen LogP contribution < -0.4 is 4.74 Å². The van der Waals surface area contributed by atoms with Gasteiger partial charge in [0.15, 0.2) is 23.7 Å². The van der Waals surface area contributed by atoms with Crippen molar-refractivity contribution in [3.8, 4) is 16.9 Å². The van der Waals surface area contributed by atoms with Gasteiger partial charge in [0.1, 0.15) is 40.1 Å². The average Bonchev–Trinajstić information content (AvgIpc) is 3.06. The first-order valence-electron chi connectivity index (χ1n) is 16.1. The zero-order chi connectivity index (χ0) is 37.8. The van der Waals surface area contributed by atoms with Gasteiger partial charge in [0.2, 0.25) is 0 Å². The summed E-state index contributed by atoms with van der Waals surface area (Å²) in [6.45, 7) is 2.04. The summed E-state index contributed by atoms with van der Waals surface area (Å²) in [6.07, 6.45) is -6.68. The Labute approximate surface area is 291 Å². The largest absolute Gasteiger partial charge is 0.432 e. The lowest BCUT2D eigenvalue weighted by Gasteiger charge is -2.29. The molecule has 52 heavy (non-hydrogen) atoms. The van der Waals surface area contributed by atoms with Crippen molar-refractivity contribution in [2.75, 3.05) is 19.8 Å². The van der Waals surface area contributed by atoms with Crippen molar-refractivity contribution >= 4 is 0 Å². The second-order valence-electron chi connectivity index (χ2n) is 12.2. The molecule has 0 saturated carbocycles. The highest BCUT2D eigenvalue weighted by atomic mass is 19.3. The molecule has 0 unspecified atom stereocenters. The zero-order valence-electron chi connectivity index (χ0n) is 27.4. The number of ether oxygens (including phenoxy) is 4. The summed E-state index contributed by atoms with van der Waals surface area (Å²) in [7, 11) is 0. The van der Waals surface area contributed by atoms with Crippen molar-refractivity contribution in [1.82, 2.24) is 0 Å². The number of benzene rings is 4. The van der Waals surface area contributed by atoms with E-state index < -0.39 is 89.1 Å². The molecule has 4 nitrogen and oxygen atoms in total. The van der Waals surface area contributed by atoms with Crippen molar-refractivity contribution in [3.63, 3.8) is 0 Å². The predicted molar refractivity (Wildman–Crippen MR) is 165 cm³/mol. The summed E-state index contributed by atoms with van der Waals surface area (Å²) in [5.74, 6) is -14.0. The van der Waals surface area contributed by atoms with Gasteiger partial charge in [0, 0.05) is 23.6 Å². The fourth-order valence-corrected chi connectivity index (χ4v) is 5.64. The molecule has 1 aliphatic rings. The van der Waals surface area contributed by atoms with Crippen molar-refractivity contribution in [2.45, 2.75) is 57.5 Å². The summed E-state index contributed by atoms with van der Waals surface area (Å²) < 4.78 is 179. The van der Waals surface area contributed by atoms with Crippen LogP contribution in [-0.2, 0) is 32.8 Å². The number of halogens is 11. The van der Waals surface area contributed by atoms with Crippen LogP contribution in [-0.4, -0.2) is 19.8 Å². The van der Waals surface area contributed by atoms with Gasteiger partial charge in [0.05, 0.1) is 19.8 Å². The maximum absolute atomic E-state index is 15.1. The minimum absolute atomic E-state index is 0.0770. The van der Waals surface area contributed by atoms with Crippen LogP contribution in [0.15, 0.2) is 60.7 Å². The average molecular weight is 749 g/mol. The molecule has 280 valence electrons. The van der Waals surface area contributed by atoms with E-state index in [-0.39, 0.29) is 34.7 Å². The van der Waals surface area contributed by atoms with Crippen LogP contribution in [0.4, 0.5) is 48.3 Å². The Hall–Kier alpha value is -4.21. The zero-order valence-corrected chi connectivity index (χ0v) is 27.4. The number of alkyl halides is 4. The van der Waals surface area contributed by atoms with E-state index in [0.29, 0.717) is 43.0 Å². The van der Waals surface area contributed by atoms with E-state index in [9.17, 15) is 30.7 Å². The highest BCUT2D eigenvalue weighted by Crippen LogP contribution is 2.40. The lowest BCUT2D eigenvalue weighted by Crippen LogP contribution is -2.27. The Kier molecular flexibility index (Phi) is 12.2. The maximum Gasteiger partial charge on any atom is 0.432 e. The van der Waals surface area contributed by atoms with Gasteiger partial charge in [0.25, 0.3) is 0 Å². The van der Waals surface area contributed by atoms with Crippen LogP contribution >= 0.6 is 0 Å². The highest BCUT2D eigenvalue weighted by Gasteiger charge is 2.43. The lowest BCUT2D eigenvalue weighted by molar-refractivity contribution is -0.251. The molecule has 1 aliphatic heterocycles. The Morgan fingerprint density at radius 2 is 1.19 bits per heavy atom. The highest BCUT2D eigenvalue weighted by molar-refractivity contribution is 5.64. The fraction of sp³-hybridized carbons (Fsp3) is 0.351. The van der Waals surface area contributed by atoms with Gasteiger partial charge in [-0.2, -0.15) is 17.6 Å². The molecule has 0 N–H and O–H groups in total. The minimum Gasteiger partial charge on any atom is -0.429 e. The third kappa shape index (κ3) is 9.04. The van der Waals surface area contributed by atoms with E-state index in [2.05, 4.69) is 16.4 Å². The van der Waals surface area contributed by atoms with Crippen LogP contribution in [0.25, 0.3) is 11.1 Å². The summed E-state index contributed by atoms with van der Waals surface area (Å²) in [5, 5.41) is 0. The van der Waals surface area contributed by atoms with Gasteiger partial charge in [-0.05, 0) is 53.8 Å². The Bertz CT molecular complexity index is 1790. The van der Waals surface area contributed by atoms with Crippen molar-refractivity contribution in [2.24, 2.45) is 5.92 Å². The summed E-state index contributed by atoms with van der Waals surface area (Å²) >= 11 is 0. The SMILES string of the molecule is CCCCCC1COC(c2ccc(-c3cc(F)c(C(F)(F)Oc4cc(F)c(C(F)(F)OCCc5cc(F)c(F)c(F)c5)c(F)c4)c(F)c3)cc2)OC1. The first-order valence-corrected chi connectivity index (χ1v) is 16.1. The Morgan fingerprint density at radius 1 is 0.654 bits per heavy atom. The van der Waals surface area contributed by atoms with E-state index in [0.717, 1.165) is 25.7 Å². The lowest BCUT2D eigenvalue weighted by atomic mass is 10.00. The van der Waals surface area contributed by atoms with Gasteiger partial charge >= 0.3 is 12.2 Å². The molecular formula is C37H31F11O4. The molecule has 4 aromatic carbocycles. The van der Waals surface area contributed by atoms with E-state index in [1.54, 1.807) is 12.1 Å².